The van der Waals surface area contributed by atoms with Gasteiger partial charge in [-0.05, 0) is 36.4 Å². The molecular weight excluding hydrogens is 385 g/mol. The van der Waals surface area contributed by atoms with Crippen LogP contribution in [0.25, 0.3) is 5.69 Å². The zero-order valence-corrected chi connectivity index (χ0v) is 15.1. The molecule has 2 heterocycles. The maximum atomic E-state index is 14.2. The Bertz CT molecular complexity index is 1190. The molecule has 10 heteroatoms. The van der Waals surface area contributed by atoms with Crippen LogP contribution in [-0.2, 0) is 14.8 Å². The number of fused-ring (bicyclic) bond motifs is 1. The van der Waals surface area contributed by atoms with Gasteiger partial charge in [-0.15, -0.1) is 0 Å². The summed E-state index contributed by atoms with van der Waals surface area (Å²) in [6, 6.07) is 12.2. The van der Waals surface area contributed by atoms with Gasteiger partial charge in [0, 0.05) is 23.6 Å². The molecule has 0 unspecified atom stereocenters. The number of aliphatic imine (C=N–C) groups is 1. The van der Waals surface area contributed by atoms with E-state index in [0.717, 1.165) is 0 Å². The van der Waals surface area contributed by atoms with E-state index in [1.165, 1.54) is 29.1 Å². The van der Waals surface area contributed by atoms with Crippen molar-refractivity contribution < 1.29 is 17.6 Å². The highest BCUT2D eigenvalue weighted by Crippen LogP contribution is 2.22. The first-order valence-electron chi connectivity index (χ1n) is 8.20. The normalized spacial score (nSPS) is 15.8. The van der Waals surface area contributed by atoms with Crippen LogP contribution in [0.1, 0.15) is 5.56 Å². The number of carbonyl (C=O) groups is 1. The molecule has 1 aliphatic rings. The van der Waals surface area contributed by atoms with E-state index >= 15 is 0 Å². The molecular formula is C18H14FN5O3S. The largest absolute Gasteiger partial charge is 0.324 e. The molecule has 3 aromatic rings. The number of rotatable bonds is 4. The molecule has 0 fully saturated rings. The first-order chi connectivity index (χ1) is 13.4. The van der Waals surface area contributed by atoms with Crippen molar-refractivity contribution in [3.05, 3.63) is 72.3 Å². The number of benzene rings is 2. The van der Waals surface area contributed by atoms with E-state index < -0.39 is 21.7 Å². The Labute approximate surface area is 159 Å². The second kappa shape index (κ2) is 6.89. The molecule has 1 aliphatic heterocycles. The second-order valence-corrected chi connectivity index (χ2v) is 7.58. The Balaban J connectivity index is 1.47. The van der Waals surface area contributed by atoms with E-state index in [1.807, 2.05) is 0 Å². The molecule has 2 aromatic carbocycles. The predicted octanol–water partition coefficient (Wildman–Crippen LogP) is 1.69. The summed E-state index contributed by atoms with van der Waals surface area (Å²) in [7, 11) is -3.66. The van der Waals surface area contributed by atoms with Crippen molar-refractivity contribution in [2.45, 2.75) is 4.90 Å². The third-order valence-corrected chi connectivity index (χ3v) is 5.42. The lowest BCUT2D eigenvalue weighted by Crippen LogP contribution is -2.24. The van der Waals surface area contributed by atoms with Gasteiger partial charge < -0.3 is 5.32 Å². The van der Waals surface area contributed by atoms with Crippen molar-refractivity contribution in [1.29, 1.82) is 0 Å². The van der Waals surface area contributed by atoms with Gasteiger partial charge in [0.1, 0.15) is 18.1 Å². The number of hydrogen-bond acceptors (Lipinski definition) is 5. The minimum absolute atomic E-state index is 0.103. The lowest BCUT2D eigenvalue weighted by atomic mass is 10.2. The SMILES string of the molecule is O=C(CN=C1NS(=O)(=O)c2ccccc21)Nc1ccc(-n2cccn2)c(F)c1. The molecule has 28 heavy (non-hydrogen) atoms. The maximum absolute atomic E-state index is 14.2. The van der Waals surface area contributed by atoms with Crippen LogP contribution in [0.4, 0.5) is 10.1 Å². The fraction of sp³-hybridized carbons (Fsp3) is 0.0556. The topological polar surface area (TPSA) is 105 Å². The number of nitrogens with zero attached hydrogens (tertiary/aromatic N) is 3. The van der Waals surface area contributed by atoms with Gasteiger partial charge in [0.2, 0.25) is 5.91 Å². The van der Waals surface area contributed by atoms with Crippen LogP contribution in [0.5, 0.6) is 0 Å². The van der Waals surface area contributed by atoms with Gasteiger partial charge in [0.15, 0.2) is 5.82 Å². The van der Waals surface area contributed by atoms with Gasteiger partial charge in [-0.25, -0.2) is 17.5 Å². The summed E-state index contributed by atoms with van der Waals surface area (Å²) >= 11 is 0. The number of hydrogen-bond donors (Lipinski definition) is 2. The average molecular weight is 399 g/mol. The summed E-state index contributed by atoms with van der Waals surface area (Å²) < 4.78 is 42.0. The van der Waals surface area contributed by atoms with Crippen molar-refractivity contribution in [2.75, 3.05) is 11.9 Å². The Kier molecular flexibility index (Phi) is 4.40. The molecule has 0 aliphatic carbocycles. The molecule has 4 rings (SSSR count). The van der Waals surface area contributed by atoms with E-state index in [9.17, 15) is 17.6 Å². The molecule has 0 spiro atoms. The summed E-state index contributed by atoms with van der Waals surface area (Å²) in [4.78, 5) is 16.3. The number of sulfonamides is 1. The number of carbonyl (C=O) groups excluding carboxylic acids is 1. The Morgan fingerprint density at radius 2 is 2.04 bits per heavy atom. The molecule has 0 bridgehead atoms. The van der Waals surface area contributed by atoms with E-state index in [0.29, 0.717) is 5.56 Å². The number of amidine groups is 1. The van der Waals surface area contributed by atoms with Crippen molar-refractivity contribution in [3.63, 3.8) is 0 Å². The number of aromatic nitrogens is 2. The zero-order chi connectivity index (χ0) is 19.7. The molecule has 2 N–H and O–H groups in total. The molecule has 142 valence electrons. The van der Waals surface area contributed by atoms with Crippen LogP contribution < -0.4 is 10.0 Å². The first-order valence-corrected chi connectivity index (χ1v) is 9.68. The molecule has 0 saturated carbocycles. The van der Waals surface area contributed by atoms with Gasteiger partial charge in [0.25, 0.3) is 10.0 Å². The number of amides is 1. The van der Waals surface area contributed by atoms with Crippen molar-refractivity contribution in [2.24, 2.45) is 4.99 Å². The summed E-state index contributed by atoms with van der Waals surface area (Å²) in [5.41, 5.74) is 0.913. The minimum atomic E-state index is -3.66. The van der Waals surface area contributed by atoms with E-state index in [1.54, 1.807) is 36.5 Å². The highest BCUT2D eigenvalue weighted by molar-refractivity contribution is 7.90. The Hall–Kier alpha value is -3.53. The van der Waals surface area contributed by atoms with Crippen LogP contribution in [0.2, 0.25) is 0 Å². The fourth-order valence-electron chi connectivity index (χ4n) is 2.78. The van der Waals surface area contributed by atoms with Crippen LogP contribution >= 0.6 is 0 Å². The Morgan fingerprint density at radius 3 is 2.79 bits per heavy atom. The van der Waals surface area contributed by atoms with Crippen molar-refractivity contribution >= 4 is 27.5 Å². The van der Waals surface area contributed by atoms with Gasteiger partial charge >= 0.3 is 0 Å². The third-order valence-electron chi connectivity index (χ3n) is 4.03. The van der Waals surface area contributed by atoms with Gasteiger partial charge in [-0.2, -0.15) is 5.10 Å². The Morgan fingerprint density at radius 1 is 1.21 bits per heavy atom. The predicted molar refractivity (Wildman–Crippen MR) is 100 cm³/mol. The fourth-order valence-corrected chi connectivity index (χ4v) is 4.04. The molecule has 0 atom stereocenters. The minimum Gasteiger partial charge on any atom is -0.324 e. The lowest BCUT2D eigenvalue weighted by Gasteiger charge is -2.07. The summed E-state index contributed by atoms with van der Waals surface area (Å²) in [6.07, 6.45) is 3.14. The van der Waals surface area contributed by atoms with Gasteiger partial charge in [-0.1, -0.05) is 12.1 Å². The van der Waals surface area contributed by atoms with E-state index in [-0.39, 0.29) is 28.7 Å². The lowest BCUT2D eigenvalue weighted by molar-refractivity contribution is -0.114. The highest BCUT2D eigenvalue weighted by Gasteiger charge is 2.30. The molecule has 0 saturated heterocycles. The summed E-state index contributed by atoms with van der Waals surface area (Å²) in [5.74, 6) is -0.960. The van der Waals surface area contributed by atoms with Crippen LogP contribution in [-0.4, -0.2) is 36.5 Å². The van der Waals surface area contributed by atoms with Crippen LogP contribution in [0.3, 0.4) is 0 Å². The average Bonchev–Trinajstić information content (AvgIpc) is 3.27. The first kappa shape index (κ1) is 17.9. The zero-order valence-electron chi connectivity index (χ0n) is 14.3. The van der Waals surface area contributed by atoms with Crippen molar-refractivity contribution in [3.8, 4) is 5.69 Å². The van der Waals surface area contributed by atoms with Crippen molar-refractivity contribution in [1.82, 2.24) is 14.5 Å². The number of nitrogens with one attached hydrogen (secondary N) is 2. The second-order valence-electron chi connectivity index (χ2n) is 5.93. The third kappa shape index (κ3) is 3.37. The molecule has 1 amide bonds. The van der Waals surface area contributed by atoms with Gasteiger partial charge in [0.05, 0.1) is 4.90 Å². The quantitative estimate of drug-likeness (QED) is 0.696. The standard InChI is InChI=1S/C18H14FN5O3S/c19-14-10-12(6-7-15(14)24-9-3-8-21-24)22-17(25)11-20-18-13-4-1-2-5-16(13)28(26,27)23-18/h1-10H,11H2,(H,20,23)(H,22,25). The van der Waals surface area contributed by atoms with Crippen LogP contribution in [0.15, 0.2) is 70.8 Å². The van der Waals surface area contributed by atoms with Gasteiger partial charge in [-0.3, -0.25) is 14.5 Å². The molecule has 0 radical (unpaired) electrons. The number of anilines is 1. The summed E-state index contributed by atoms with van der Waals surface area (Å²) in [5, 5.41) is 6.49. The highest BCUT2D eigenvalue weighted by atomic mass is 32.2. The smallest absolute Gasteiger partial charge is 0.263 e. The molecule has 8 nitrogen and oxygen atoms in total. The van der Waals surface area contributed by atoms with Crippen LogP contribution in [0, 0.1) is 5.82 Å². The monoisotopic (exact) mass is 399 g/mol. The van der Waals surface area contributed by atoms with E-state index in [2.05, 4.69) is 20.1 Å². The molecule has 1 aromatic heterocycles. The summed E-state index contributed by atoms with van der Waals surface area (Å²) in [6.45, 7) is -0.325. The maximum Gasteiger partial charge on any atom is 0.263 e. The number of halogens is 1. The van der Waals surface area contributed by atoms with E-state index in [4.69, 9.17) is 0 Å².